The molecule has 1 aromatic carbocycles. The zero-order chi connectivity index (χ0) is 23.1. The fraction of sp³-hybridized carbons (Fsp3) is 0.545. The molecule has 6 nitrogen and oxygen atoms in total. The number of anilines is 1. The molecule has 176 valence electrons. The van der Waals surface area contributed by atoms with E-state index in [-0.39, 0.29) is 24.4 Å². The van der Waals surface area contributed by atoms with Crippen molar-refractivity contribution in [3.63, 3.8) is 0 Å². The molecule has 2 heterocycles. The molecule has 2 N–H and O–H groups in total. The van der Waals surface area contributed by atoms with Gasteiger partial charge in [0.1, 0.15) is 0 Å². The van der Waals surface area contributed by atoms with Crippen molar-refractivity contribution in [2.24, 2.45) is 11.8 Å². The van der Waals surface area contributed by atoms with E-state index < -0.39 is 34.2 Å². The lowest BCUT2D eigenvalue weighted by Crippen LogP contribution is -2.49. The normalized spacial score (nSPS) is 30.0. The van der Waals surface area contributed by atoms with Crippen LogP contribution in [0.4, 0.5) is 18.9 Å². The summed E-state index contributed by atoms with van der Waals surface area (Å²) in [5.41, 5.74) is 0.410. The van der Waals surface area contributed by atoms with Gasteiger partial charge in [0.15, 0.2) is 0 Å². The highest BCUT2D eigenvalue weighted by Gasteiger charge is 2.45. The van der Waals surface area contributed by atoms with Crippen molar-refractivity contribution in [2.45, 2.75) is 43.7 Å². The number of ether oxygens (including phenoxy) is 1. The first-order valence-corrected chi connectivity index (χ1v) is 12.1. The van der Waals surface area contributed by atoms with Crippen LogP contribution in [0.1, 0.15) is 36.5 Å². The van der Waals surface area contributed by atoms with Crippen LogP contribution < -0.4 is 10.0 Å². The van der Waals surface area contributed by atoms with E-state index in [1.165, 1.54) is 26.2 Å². The Morgan fingerprint density at radius 1 is 1.22 bits per heavy atom. The van der Waals surface area contributed by atoms with E-state index in [9.17, 15) is 21.6 Å². The molecule has 0 amide bonds. The fourth-order valence-corrected chi connectivity index (χ4v) is 5.39. The maximum absolute atomic E-state index is 13.4. The smallest absolute Gasteiger partial charge is 0.381 e. The summed E-state index contributed by atoms with van der Waals surface area (Å²) in [6.07, 6.45) is 4.98. The van der Waals surface area contributed by atoms with Crippen molar-refractivity contribution < 1.29 is 26.3 Å². The van der Waals surface area contributed by atoms with E-state index in [1.807, 2.05) is 12.2 Å². The van der Waals surface area contributed by atoms with Gasteiger partial charge in [-0.25, -0.2) is 0 Å². The monoisotopic (exact) mass is 471 g/mol. The molecule has 1 unspecified atom stereocenters. The van der Waals surface area contributed by atoms with Gasteiger partial charge in [-0.2, -0.15) is 30.6 Å². The highest BCUT2D eigenvalue weighted by molar-refractivity contribution is 7.87. The quantitative estimate of drug-likeness (QED) is 0.684. The minimum atomic E-state index is -4.45. The third kappa shape index (κ3) is 4.73. The number of hydrogen-bond acceptors (Lipinski definition) is 4. The van der Waals surface area contributed by atoms with Crippen molar-refractivity contribution >= 4 is 15.9 Å². The molecule has 1 aliphatic carbocycles. The summed E-state index contributed by atoms with van der Waals surface area (Å²) in [4.78, 5) is 0. The molecule has 0 spiro atoms. The zero-order valence-corrected chi connectivity index (χ0v) is 18.8. The average Bonchev–Trinajstić information content (AvgIpc) is 2.76. The van der Waals surface area contributed by atoms with E-state index in [2.05, 4.69) is 22.2 Å². The number of halogens is 3. The molecule has 0 saturated carbocycles. The molecule has 4 rings (SSSR count). The molecule has 0 aromatic heterocycles. The second-order valence-electron chi connectivity index (χ2n) is 8.74. The minimum absolute atomic E-state index is 0.0184. The fourth-order valence-electron chi connectivity index (χ4n) is 4.74. The van der Waals surface area contributed by atoms with E-state index in [0.717, 1.165) is 23.2 Å². The highest BCUT2D eigenvalue weighted by atomic mass is 32.2. The van der Waals surface area contributed by atoms with Gasteiger partial charge < -0.3 is 10.1 Å². The number of hydrogen-bond donors (Lipinski definition) is 2. The number of alkyl halides is 3. The molecular formula is C22H28F3N3O3S. The molecule has 32 heavy (non-hydrogen) atoms. The first kappa shape index (κ1) is 23.3. The Bertz CT molecular complexity index is 1010. The van der Waals surface area contributed by atoms with Gasteiger partial charge in [-0.1, -0.05) is 24.3 Å². The van der Waals surface area contributed by atoms with E-state index in [4.69, 9.17) is 4.74 Å². The predicted molar refractivity (Wildman–Crippen MR) is 116 cm³/mol. The molecule has 1 aromatic rings. The van der Waals surface area contributed by atoms with Crippen molar-refractivity contribution in [2.75, 3.05) is 26.0 Å². The Morgan fingerprint density at radius 2 is 2.00 bits per heavy atom. The summed E-state index contributed by atoms with van der Waals surface area (Å²) in [7, 11) is -0.758. The Morgan fingerprint density at radius 3 is 2.66 bits per heavy atom. The van der Waals surface area contributed by atoms with Crippen LogP contribution >= 0.6 is 0 Å². The number of fused-ring (bicyclic) bond motifs is 3. The van der Waals surface area contributed by atoms with Crippen LogP contribution in [0.3, 0.4) is 0 Å². The zero-order valence-electron chi connectivity index (χ0n) is 18.0. The first-order valence-electron chi connectivity index (χ1n) is 10.7. The molecular weight excluding hydrogens is 443 g/mol. The summed E-state index contributed by atoms with van der Waals surface area (Å²) >= 11 is 0. The van der Waals surface area contributed by atoms with Gasteiger partial charge >= 0.3 is 6.18 Å². The lowest BCUT2D eigenvalue weighted by molar-refractivity contribution is -0.138. The average molecular weight is 472 g/mol. The third-order valence-corrected chi connectivity index (χ3v) is 7.96. The van der Waals surface area contributed by atoms with Crippen LogP contribution in [-0.2, 0) is 21.1 Å². The maximum atomic E-state index is 13.4. The standard InChI is InChI=1S/C22H28F3N3O3S/c1-28(2)32(29,30)26-13-16-9-10-17-20(14-6-4-3-5-7-14)27-19-11-8-15(22(23,24)25)12-18(19)21(17)31-16/h3-6,8,11-12,14,16-17,20-21,26-27H,7,9-10,13H2,1-2H3/t14?,16-,17+,20+,21+/m1/s1. The van der Waals surface area contributed by atoms with Crippen LogP contribution in [0.15, 0.2) is 42.5 Å². The lowest BCUT2D eigenvalue weighted by atomic mass is 9.73. The Balaban J connectivity index is 1.62. The van der Waals surface area contributed by atoms with E-state index in [0.29, 0.717) is 17.7 Å². The molecule has 5 atom stereocenters. The molecule has 0 radical (unpaired) electrons. The van der Waals surface area contributed by atoms with Crippen molar-refractivity contribution in [1.29, 1.82) is 0 Å². The molecule has 2 aliphatic heterocycles. The summed E-state index contributed by atoms with van der Waals surface area (Å²) in [6, 6.07) is 3.75. The van der Waals surface area contributed by atoms with Gasteiger partial charge in [0.05, 0.1) is 17.8 Å². The van der Waals surface area contributed by atoms with Crippen molar-refractivity contribution in [1.82, 2.24) is 9.03 Å². The lowest BCUT2D eigenvalue weighted by Gasteiger charge is -2.47. The SMILES string of the molecule is CN(C)S(=O)(=O)NC[C@H]1CC[C@@H]2[C@H](O1)c1cc(C(F)(F)F)ccc1N[C@H]2C1C=CC=CC1. The van der Waals surface area contributed by atoms with Crippen LogP contribution in [0.5, 0.6) is 0 Å². The van der Waals surface area contributed by atoms with Crippen molar-refractivity contribution in [3.8, 4) is 0 Å². The second-order valence-corrected chi connectivity index (χ2v) is 10.7. The topological polar surface area (TPSA) is 70.7 Å². The van der Waals surface area contributed by atoms with Crippen molar-refractivity contribution in [3.05, 3.63) is 53.6 Å². The third-order valence-electron chi connectivity index (χ3n) is 6.47. The number of rotatable bonds is 5. The Labute approximate surface area is 186 Å². The van der Waals surface area contributed by atoms with Crippen LogP contribution in [0.2, 0.25) is 0 Å². The number of nitrogens with one attached hydrogen (secondary N) is 2. The van der Waals surface area contributed by atoms with Gasteiger partial charge in [-0.15, -0.1) is 0 Å². The van der Waals surface area contributed by atoms with Gasteiger partial charge in [-0.3, -0.25) is 0 Å². The number of allylic oxidation sites excluding steroid dienone is 3. The van der Waals surface area contributed by atoms with Gasteiger partial charge in [0.25, 0.3) is 10.2 Å². The van der Waals surface area contributed by atoms with Gasteiger partial charge in [-0.05, 0) is 37.5 Å². The molecule has 1 fully saturated rings. The summed E-state index contributed by atoms with van der Waals surface area (Å²) in [5, 5.41) is 3.48. The number of nitrogens with zero attached hydrogens (tertiary/aromatic N) is 1. The Kier molecular flexibility index (Phi) is 6.41. The van der Waals surface area contributed by atoms with Crippen LogP contribution in [-0.4, -0.2) is 45.5 Å². The molecule has 3 aliphatic rings. The summed E-state index contributed by atoms with van der Waals surface area (Å²) in [5.74, 6) is 0.184. The van der Waals surface area contributed by atoms with E-state index >= 15 is 0 Å². The second kappa shape index (κ2) is 8.81. The maximum Gasteiger partial charge on any atom is 0.416 e. The summed E-state index contributed by atoms with van der Waals surface area (Å²) < 4.78 is 74.2. The molecule has 1 saturated heterocycles. The predicted octanol–water partition coefficient (Wildman–Crippen LogP) is 3.86. The summed E-state index contributed by atoms with van der Waals surface area (Å²) in [6.45, 7) is 0.0716. The number of benzene rings is 1. The van der Waals surface area contributed by atoms with Gasteiger partial charge in [0, 0.05) is 49.8 Å². The molecule has 0 bridgehead atoms. The Hall–Kier alpha value is -1.88. The van der Waals surface area contributed by atoms with E-state index in [1.54, 1.807) is 0 Å². The minimum Gasteiger partial charge on any atom is -0.381 e. The van der Waals surface area contributed by atoms with Crippen LogP contribution in [0, 0.1) is 11.8 Å². The first-order chi connectivity index (χ1) is 15.1. The molecule has 10 heteroatoms. The van der Waals surface area contributed by atoms with Gasteiger partial charge in [0.2, 0.25) is 0 Å². The van der Waals surface area contributed by atoms with Crippen LogP contribution in [0.25, 0.3) is 0 Å². The highest BCUT2D eigenvalue weighted by Crippen LogP contribution is 2.49. The largest absolute Gasteiger partial charge is 0.416 e.